The number of hydrogen-bond donors (Lipinski definition) is 0. The highest BCUT2D eigenvalue weighted by Crippen LogP contribution is 2.60. The van der Waals surface area contributed by atoms with E-state index >= 15 is 0 Å². The first kappa shape index (κ1) is 15.6. The molecule has 1 aliphatic rings. The highest BCUT2D eigenvalue weighted by atomic mass is 31.1. The van der Waals surface area contributed by atoms with Crippen molar-refractivity contribution in [1.82, 2.24) is 0 Å². The summed E-state index contributed by atoms with van der Waals surface area (Å²) in [6, 6.07) is 4.35. The molecule has 0 N–H and O–H groups in total. The lowest BCUT2D eigenvalue weighted by Crippen LogP contribution is -2.31. The summed E-state index contributed by atoms with van der Waals surface area (Å²) >= 11 is 0. The zero-order valence-corrected chi connectivity index (χ0v) is 14.7. The zero-order valence-electron chi connectivity index (χ0n) is 13.8. The molecule has 2 nitrogen and oxygen atoms in total. The Morgan fingerprint density at radius 3 is 2.15 bits per heavy atom. The molecular weight excluding hydrogens is 267 g/mol. The molecule has 0 bridgehead atoms. The first-order valence-electron chi connectivity index (χ1n) is 7.29. The summed E-state index contributed by atoms with van der Waals surface area (Å²) < 4.78 is 11.5. The van der Waals surface area contributed by atoms with Crippen molar-refractivity contribution in [2.24, 2.45) is 0 Å². The Kier molecular flexibility index (Phi) is 4.08. The van der Waals surface area contributed by atoms with Crippen molar-refractivity contribution in [3.8, 4) is 11.5 Å². The molecule has 0 saturated carbocycles. The molecule has 1 aliphatic heterocycles. The van der Waals surface area contributed by atoms with Crippen molar-refractivity contribution in [3.63, 3.8) is 0 Å². The van der Waals surface area contributed by atoms with Crippen LogP contribution in [-0.4, -0.2) is 24.0 Å². The Labute approximate surface area is 124 Å². The minimum Gasteiger partial charge on any atom is -0.496 e. The second-order valence-electron chi connectivity index (χ2n) is 7.37. The second kappa shape index (κ2) is 5.22. The molecule has 0 radical (unpaired) electrons. The van der Waals surface area contributed by atoms with Crippen molar-refractivity contribution in [3.05, 3.63) is 17.7 Å². The van der Waals surface area contributed by atoms with Crippen LogP contribution in [0.3, 0.4) is 0 Å². The molecule has 0 amide bonds. The van der Waals surface area contributed by atoms with Gasteiger partial charge < -0.3 is 9.47 Å². The van der Waals surface area contributed by atoms with Crippen LogP contribution >= 0.6 is 7.92 Å². The lowest BCUT2D eigenvalue weighted by molar-refractivity contribution is 0.359. The summed E-state index contributed by atoms with van der Waals surface area (Å²) in [6.07, 6.45) is 0.962. The smallest absolute Gasteiger partial charge is 0.134 e. The van der Waals surface area contributed by atoms with E-state index in [9.17, 15) is 0 Å². The first-order chi connectivity index (χ1) is 9.16. The van der Waals surface area contributed by atoms with Gasteiger partial charge in [-0.05, 0) is 22.4 Å². The van der Waals surface area contributed by atoms with E-state index in [0.717, 1.165) is 24.5 Å². The standard InChI is InChI=1S/C17H27O2P/c1-16(2,3)20(17(4,5)6)14-9-8-13(18-7)12-10-11-19-15(12)14/h8-9H,10-11H2,1-7H3. The predicted octanol–water partition coefficient (Wildman–Crippen LogP) is 4.33. The van der Waals surface area contributed by atoms with Gasteiger partial charge in [0.1, 0.15) is 11.5 Å². The number of methoxy groups -OCH3 is 1. The molecule has 0 aliphatic carbocycles. The van der Waals surface area contributed by atoms with Crippen LogP contribution in [0.15, 0.2) is 12.1 Å². The predicted molar refractivity (Wildman–Crippen MR) is 88.3 cm³/mol. The molecule has 0 fully saturated rings. The minimum absolute atomic E-state index is 0.252. The van der Waals surface area contributed by atoms with Crippen molar-refractivity contribution in [1.29, 1.82) is 0 Å². The summed E-state index contributed by atoms with van der Waals surface area (Å²) in [5.74, 6) is 2.07. The van der Waals surface area contributed by atoms with Gasteiger partial charge in [0.25, 0.3) is 0 Å². The van der Waals surface area contributed by atoms with Crippen molar-refractivity contribution < 1.29 is 9.47 Å². The van der Waals surface area contributed by atoms with E-state index in [4.69, 9.17) is 9.47 Å². The number of ether oxygens (including phenoxy) is 2. The van der Waals surface area contributed by atoms with E-state index in [1.54, 1.807) is 7.11 Å². The van der Waals surface area contributed by atoms with Crippen LogP contribution in [-0.2, 0) is 6.42 Å². The molecule has 3 heteroatoms. The van der Waals surface area contributed by atoms with Crippen molar-refractivity contribution in [2.45, 2.75) is 58.3 Å². The fourth-order valence-electron chi connectivity index (χ4n) is 3.35. The number of rotatable bonds is 2. The molecule has 1 aromatic carbocycles. The normalized spacial score (nSPS) is 15.2. The third-order valence-corrected chi connectivity index (χ3v) is 7.11. The molecule has 2 rings (SSSR count). The Hall–Kier alpha value is -0.750. The maximum atomic E-state index is 5.98. The van der Waals surface area contributed by atoms with Gasteiger partial charge >= 0.3 is 0 Å². The van der Waals surface area contributed by atoms with Gasteiger partial charge in [-0.2, -0.15) is 0 Å². The molecule has 0 unspecified atom stereocenters. The summed E-state index contributed by atoms with van der Waals surface area (Å²) in [7, 11) is 1.40. The lowest BCUT2D eigenvalue weighted by atomic mass is 10.1. The molecule has 20 heavy (non-hydrogen) atoms. The largest absolute Gasteiger partial charge is 0.496 e. The Balaban J connectivity index is 2.59. The van der Waals surface area contributed by atoms with E-state index in [-0.39, 0.29) is 18.2 Å². The third kappa shape index (κ3) is 2.81. The Bertz CT molecular complexity index is 481. The quantitative estimate of drug-likeness (QED) is 0.756. The van der Waals surface area contributed by atoms with Crippen LogP contribution < -0.4 is 14.8 Å². The highest BCUT2D eigenvalue weighted by molar-refractivity contribution is 7.68. The van der Waals surface area contributed by atoms with Gasteiger partial charge in [0.2, 0.25) is 0 Å². The highest BCUT2D eigenvalue weighted by Gasteiger charge is 2.39. The van der Waals surface area contributed by atoms with Gasteiger partial charge in [0, 0.05) is 17.3 Å². The molecule has 1 heterocycles. The number of hydrogen-bond acceptors (Lipinski definition) is 2. The van der Waals surface area contributed by atoms with E-state index in [2.05, 4.69) is 53.7 Å². The molecular formula is C17H27O2P. The van der Waals surface area contributed by atoms with Crippen molar-refractivity contribution >= 4 is 13.2 Å². The average Bonchev–Trinajstić information content (AvgIpc) is 2.74. The van der Waals surface area contributed by atoms with Crippen LogP contribution in [0.25, 0.3) is 0 Å². The molecule has 1 aromatic rings. The maximum Gasteiger partial charge on any atom is 0.134 e. The number of fused-ring (bicyclic) bond motifs is 1. The zero-order chi connectivity index (χ0) is 15.1. The molecule has 0 saturated heterocycles. The first-order valence-corrected chi connectivity index (χ1v) is 8.63. The van der Waals surface area contributed by atoms with Crippen LogP contribution in [0.4, 0.5) is 0 Å². The maximum absolute atomic E-state index is 5.98. The van der Waals surface area contributed by atoms with Crippen LogP contribution in [0.1, 0.15) is 47.1 Å². The molecule has 0 spiro atoms. The minimum atomic E-state index is -0.339. The van der Waals surface area contributed by atoms with Gasteiger partial charge in [-0.15, -0.1) is 0 Å². The van der Waals surface area contributed by atoms with E-state index in [1.807, 2.05) is 0 Å². The third-order valence-electron chi connectivity index (χ3n) is 3.60. The SMILES string of the molecule is COc1ccc(P(C(C)(C)C)C(C)(C)C)c2c1CCO2. The lowest BCUT2D eigenvalue weighted by Gasteiger charge is -2.42. The Morgan fingerprint density at radius 2 is 1.65 bits per heavy atom. The van der Waals surface area contributed by atoms with E-state index < -0.39 is 0 Å². The van der Waals surface area contributed by atoms with Gasteiger partial charge in [0.15, 0.2) is 0 Å². The van der Waals surface area contributed by atoms with Gasteiger partial charge in [-0.3, -0.25) is 0 Å². The summed E-state index contributed by atoms with van der Waals surface area (Å²) in [5, 5.41) is 1.90. The van der Waals surface area contributed by atoms with Crippen molar-refractivity contribution in [2.75, 3.05) is 13.7 Å². The fraction of sp³-hybridized carbons (Fsp3) is 0.647. The van der Waals surface area contributed by atoms with Crippen LogP contribution in [0.2, 0.25) is 0 Å². The Morgan fingerprint density at radius 1 is 1.05 bits per heavy atom. The summed E-state index contributed by atoms with van der Waals surface area (Å²) in [5.41, 5.74) is 1.26. The summed E-state index contributed by atoms with van der Waals surface area (Å²) in [6.45, 7) is 14.8. The van der Waals surface area contributed by atoms with Gasteiger partial charge in [-0.1, -0.05) is 49.5 Å². The monoisotopic (exact) mass is 294 g/mol. The second-order valence-corrected chi connectivity index (χ2v) is 11.2. The molecule has 0 aromatic heterocycles. The van der Waals surface area contributed by atoms with Crippen LogP contribution in [0, 0.1) is 0 Å². The topological polar surface area (TPSA) is 18.5 Å². The van der Waals surface area contributed by atoms with E-state index in [1.165, 1.54) is 10.9 Å². The number of benzene rings is 1. The molecule has 112 valence electrons. The average molecular weight is 294 g/mol. The van der Waals surface area contributed by atoms with E-state index in [0.29, 0.717) is 0 Å². The van der Waals surface area contributed by atoms with Gasteiger partial charge in [-0.25, -0.2) is 0 Å². The van der Waals surface area contributed by atoms with Crippen LogP contribution in [0.5, 0.6) is 11.5 Å². The fourth-order valence-corrected chi connectivity index (χ4v) is 7.43. The summed E-state index contributed by atoms with van der Waals surface area (Å²) in [4.78, 5) is 0. The van der Waals surface area contributed by atoms with Gasteiger partial charge in [0.05, 0.1) is 13.7 Å². The molecule has 0 atom stereocenters.